The molecule has 5 nitrogen and oxygen atoms in total. The van der Waals surface area contributed by atoms with Crippen molar-refractivity contribution in [2.45, 2.75) is 6.92 Å². The number of carbonyl (C=O) groups is 1. The van der Waals surface area contributed by atoms with Crippen LogP contribution in [0.25, 0.3) is 0 Å². The topological polar surface area (TPSA) is 56.8 Å². The summed E-state index contributed by atoms with van der Waals surface area (Å²) in [5.41, 5.74) is 2.05. The lowest BCUT2D eigenvalue weighted by molar-refractivity contribution is 0.101. The van der Waals surface area contributed by atoms with Crippen molar-refractivity contribution in [2.24, 2.45) is 0 Å². The van der Waals surface area contributed by atoms with Crippen LogP contribution >= 0.6 is 15.9 Å². The Morgan fingerprint density at radius 1 is 1.12 bits per heavy atom. The summed E-state index contributed by atoms with van der Waals surface area (Å²) in [6, 6.07) is 12.5. The summed E-state index contributed by atoms with van der Waals surface area (Å²) in [5, 5.41) is 2.86. The Morgan fingerprint density at radius 3 is 2.50 bits per heavy atom. The number of rotatable bonds is 9. The van der Waals surface area contributed by atoms with E-state index < -0.39 is 0 Å². The normalized spacial score (nSPS) is 10.3. The highest BCUT2D eigenvalue weighted by Gasteiger charge is 2.14. The Hall–Kier alpha value is -2.31. The fraction of sp³-hybridized carbons (Fsp3) is 0.250. The number of hydrogen-bond acceptors (Lipinski definition) is 4. The van der Waals surface area contributed by atoms with Gasteiger partial charge >= 0.3 is 0 Å². The molecule has 0 heterocycles. The first kappa shape index (κ1) is 20.0. The maximum absolute atomic E-state index is 12.6. The maximum atomic E-state index is 12.6. The lowest BCUT2D eigenvalue weighted by Crippen LogP contribution is -2.15. The summed E-state index contributed by atoms with van der Waals surface area (Å²) >= 11 is 3.39. The van der Waals surface area contributed by atoms with E-state index in [0.29, 0.717) is 36.8 Å². The van der Waals surface area contributed by atoms with E-state index in [4.69, 9.17) is 14.2 Å². The van der Waals surface area contributed by atoms with E-state index >= 15 is 0 Å². The molecule has 0 radical (unpaired) electrons. The van der Waals surface area contributed by atoms with Gasteiger partial charge in [0.25, 0.3) is 5.91 Å². The van der Waals surface area contributed by atoms with Gasteiger partial charge in [0.1, 0.15) is 24.7 Å². The van der Waals surface area contributed by atoms with Crippen LogP contribution in [0.15, 0.2) is 59.1 Å². The second-order valence-corrected chi connectivity index (χ2v) is 6.62. The molecule has 0 aliphatic heterocycles. The van der Waals surface area contributed by atoms with E-state index in [9.17, 15) is 4.79 Å². The number of ether oxygens (including phenoxy) is 3. The molecule has 0 atom stereocenters. The van der Waals surface area contributed by atoms with Crippen LogP contribution in [0.5, 0.6) is 11.5 Å². The van der Waals surface area contributed by atoms with Crippen LogP contribution in [0.3, 0.4) is 0 Å². The largest absolute Gasteiger partial charge is 0.490 e. The molecule has 2 aromatic carbocycles. The van der Waals surface area contributed by atoms with E-state index in [1.165, 1.54) is 0 Å². The quantitative estimate of drug-likeness (QED) is 0.473. The van der Waals surface area contributed by atoms with Crippen LogP contribution in [0.1, 0.15) is 17.3 Å². The van der Waals surface area contributed by atoms with Crippen molar-refractivity contribution in [1.82, 2.24) is 0 Å². The van der Waals surface area contributed by atoms with Gasteiger partial charge in [-0.15, -0.1) is 0 Å². The third kappa shape index (κ3) is 6.20. The SMILES string of the molecule is C=C(C)COc1ccc(NC(=O)c2cc(Br)ccc2OCCOC)cc1. The second-order valence-electron chi connectivity index (χ2n) is 5.71. The zero-order chi connectivity index (χ0) is 18.9. The molecule has 2 aromatic rings. The van der Waals surface area contributed by atoms with Crippen molar-refractivity contribution in [3.05, 3.63) is 64.7 Å². The highest BCUT2D eigenvalue weighted by atomic mass is 79.9. The molecular formula is C20H22BrNO4. The molecule has 1 N–H and O–H groups in total. The third-order valence-electron chi connectivity index (χ3n) is 3.33. The van der Waals surface area contributed by atoms with Gasteiger partial charge in [-0.3, -0.25) is 4.79 Å². The van der Waals surface area contributed by atoms with Crippen LogP contribution in [-0.4, -0.2) is 32.8 Å². The van der Waals surface area contributed by atoms with Crippen LogP contribution in [0.2, 0.25) is 0 Å². The van der Waals surface area contributed by atoms with Gasteiger partial charge in [0.05, 0.1) is 12.2 Å². The molecule has 6 heteroatoms. The zero-order valence-electron chi connectivity index (χ0n) is 14.9. The van der Waals surface area contributed by atoms with Crippen LogP contribution in [-0.2, 0) is 4.74 Å². The summed E-state index contributed by atoms with van der Waals surface area (Å²) in [5.74, 6) is 0.968. The van der Waals surface area contributed by atoms with Crippen molar-refractivity contribution in [3.63, 3.8) is 0 Å². The van der Waals surface area contributed by atoms with E-state index in [-0.39, 0.29) is 5.91 Å². The first-order valence-corrected chi connectivity index (χ1v) is 8.89. The van der Waals surface area contributed by atoms with Crippen LogP contribution in [0.4, 0.5) is 5.69 Å². The van der Waals surface area contributed by atoms with Crippen molar-refractivity contribution < 1.29 is 19.0 Å². The van der Waals surface area contributed by atoms with Gasteiger partial charge in [-0.25, -0.2) is 0 Å². The minimum Gasteiger partial charge on any atom is -0.490 e. The number of benzene rings is 2. The summed E-state index contributed by atoms with van der Waals surface area (Å²) in [4.78, 5) is 12.6. The Bertz CT molecular complexity index is 759. The molecular weight excluding hydrogens is 398 g/mol. The highest BCUT2D eigenvalue weighted by Crippen LogP contribution is 2.25. The highest BCUT2D eigenvalue weighted by molar-refractivity contribution is 9.10. The van der Waals surface area contributed by atoms with E-state index in [1.54, 1.807) is 43.5 Å². The lowest BCUT2D eigenvalue weighted by atomic mass is 10.2. The predicted molar refractivity (Wildman–Crippen MR) is 106 cm³/mol. The smallest absolute Gasteiger partial charge is 0.259 e. The summed E-state index contributed by atoms with van der Waals surface area (Å²) in [7, 11) is 1.60. The van der Waals surface area contributed by atoms with E-state index in [2.05, 4.69) is 27.8 Å². The average molecular weight is 420 g/mol. The first-order valence-electron chi connectivity index (χ1n) is 8.09. The minimum absolute atomic E-state index is 0.255. The predicted octanol–water partition coefficient (Wildman–Crippen LogP) is 4.68. The monoisotopic (exact) mass is 419 g/mol. The fourth-order valence-corrected chi connectivity index (χ4v) is 2.44. The molecule has 0 saturated carbocycles. The number of nitrogens with one attached hydrogen (secondary N) is 1. The zero-order valence-corrected chi connectivity index (χ0v) is 16.5. The van der Waals surface area contributed by atoms with Crippen molar-refractivity contribution >= 4 is 27.5 Å². The number of methoxy groups -OCH3 is 1. The number of anilines is 1. The molecule has 1 amide bonds. The molecule has 0 aliphatic rings. The molecule has 0 spiro atoms. The summed E-state index contributed by atoms with van der Waals surface area (Å²) in [6.45, 7) is 6.98. The van der Waals surface area contributed by atoms with Crippen LogP contribution in [0, 0.1) is 0 Å². The molecule has 0 aromatic heterocycles. The number of halogens is 1. The van der Waals surface area contributed by atoms with Crippen molar-refractivity contribution in [3.8, 4) is 11.5 Å². The molecule has 0 bridgehead atoms. The van der Waals surface area contributed by atoms with Crippen LogP contribution < -0.4 is 14.8 Å². The molecule has 138 valence electrons. The van der Waals surface area contributed by atoms with Crippen molar-refractivity contribution in [2.75, 3.05) is 32.2 Å². The van der Waals surface area contributed by atoms with Gasteiger partial charge in [0.15, 0.2) is 0 Å². The lowest BCUT2D eigenvalue weighted by Gasteiger charge is -2.12. The van der Waals surface area contributed by atoms with Gasteiger partial charge in [-0.1, -0.05) is 22.5 Å². The van der Waals surface area contributed by atoms with E-state index in [0.717, 1.165) is 15.8 Å². The molecule has 0 aliphatic carbocycles. The maximum Gasteiger partial charge on any atom is 0.259 e. The molecule has 0 saturated heterocycles. The molecule has 2 rings (SSSR count). The van der Waals surface area contributed by atoms with E-state index in [1.807, 2.05) is 13.0 Å². The minimum atomic E-state index is -0.255. The first-order chi connectivity index (χ1) is 12.5. The Labute approximate surface area is 162 Å². The number of carbonyl (C=O) groups excluding carboxylic acids is 1. The Kier molecular flexibility index (Phi) is 7.69. The fourth-order valence-electron chi connectivity index (χ4n) is 2.08. The third-order valence-corrected chi connectivity index (χ3v) is 3.82. The second kappa shape index (κ2) is 9.99. The number of amides is 1. The Balaban J connectivity index is 2.06. The van der Waals surface area contributed by atoms with Gasteiger partial charge in [-0.2, -0.15) is 0 Å². The molecule has 0 fully saturated rings. The number of hydrogen-bond donors (Lipinski definition) is 1. The van der Waals surface area contributed by atoms with Crippen molar-refractivity contribution in [1.29, 1.82) is 0 Å². The average Bonchev–Trinajstić information content (AvgIpc) is 2.62. The summed E-state index contributed by atoms with van der Waals surface area (Å²) < 4.78 is 17.0. The molecule has 26 heavy (non-hydrogen) atoms. The van der Waals surface area contributed by atoms with Gasteiger partial charge in [0, 0.05) is 17.3 Å². The Morgan fingerprint density at radius 2 is 1.85 bits per heavy atom. The van der Waals surface area contributed by atoms with Gasteiger partial charge in [-0.05, 0) is 55.0 Å². The standard InChI is InChI=1S/C20H22BrNO4/c1-14(2)13-26-17-7-5-16(6-8-17)22-20(23)18-12-15(21)4-9-19(18)25-11-10-24-3/h4-9,12H,1,10-11,13H2,2-3H3,(H,22,23). The molecule has 0 unspecified atom stereocenters. The summed E-state index contributed by atoms with van der Waals surface area (Å²) in [6.07, 6.45) is 0. The van der Waals surface area contributed by atoms with Gasteiger partial charge < -0.3 is 19.5 Å². The van der Waals surface area contributed by atoms with Gasteiger partial charge in [0.2, 0.25) is 0 Å².